The highest BCUT2D eigenvalue weighted by Crippen LogP contribution is 2.41. The molecular weight excluding hydrogens is 914 g/mol. The fourth-order valence-electron chi connectivity index (χ4n) is 8.23. The maximum Gasteiger partial charge on any atom is 0.343 e. The summed E-state index contributed by atoms with van der Waals surface area (Å²) in [6.07, 6.45) is 6.78. The molecule has 0 unspecified atom stereocenters. The van der Waals surface area contributed by atoms with Crippen molar-refractivity contribution in [2.75, 3.05) is 25.9 Å². The highest BCUT2D eigenvalue weighted by Gasteiger charge is 2.45. The number of nitrogens with zero attached hydrogens (tertiary/aromatic N) is 4. The second-order valence-corrected chi connectivity index (χ2v) is 19.6. The zero-order chi connectivity index (χ0) is 50.2. The van der Waals surface area contributed by atoms with Crippen molar-refractivity contribution in [2.24, 2.45) is 11.7 Å². The minimum Gasteiger partial charge on any atom is -0.458 e. The van der Waals surface area contributed by atoms with Crippen LogP contribution in [0.3, 0.4) is 0 Å². The van der Waals surface area contributed by atoms with Gasteiger partial charge in [-0.1, -0.05) is 32.6 Å². The van der Waals surface area contributed by atoms with Gasteiger partial charge in [0.2, 0.25) is 38.6 Å². The molecule has 2 aliphatic rings. The summed E-state index contributed by atoms with van der Waals surface area (Å²) in [4.78, 5) is 89.8. The van der Waals surface area contributed by atoms with Gasteiger partial charge in [-0.3, -0.25) is 24.0 Å². The first-order valence-electron chi connectivity index (χ1n) is 22.9. The van der Waals surface area contributed by atoms with Crippen LogP contribution in [-0.4, -0.2) is 101 Å². The van der Waals surface area contributed by atoms with Crippen LogP contribution in [0.15, 0.2) is 40.5 Å². The summed E-state index contributed by atoms with van der Waals surface area (Å²) >= 11 is 0. The molecule has 1 aromatic carbocycles. The van der Waals surface area contributed by atoms with Gasteiger partial charge in [0.15, 0.2) is 5.60 Å². The molecule has 0 spiro atoms. The molecule has 0 saturated carbocycles. The molecule has 368 valence electrons. The van der Waals surface area contributed by atoms with Crippen LogP contribution in [0.2, 0.25) is 0 Å². The highest BCUT2D eigenvalue weighted by atomic mass is 32.2. The number of nitrogens with two attached hydrogens (primary N) is 1. The quantitative estimate of drug-likeness (QED) is 0.0281. The van der Waals surface area contributed by atoms with E-state index in [9.17, 15) is 46.7 Å². The van der Waals surface area contributed by atoms with E-state index in [2.05, 4.69) is 43.1 Å². The van der Waals surface area contributed by atoms with Gasteiger partial charge in [0.25, 0.3) is 5.56 Å². The molecule has 4 amide bonds. The number of hydrogen-bond acceptors (Lipinski definition) is 14. The molecule has 3 aromatic heterocycles. The average Bonchev–Trinajstić information content (AvgIpc) is 3.68. The van der Waals surface area contributed by atoms with Gasteiger partial charge >= 0.3 is 5.97 Å². The van der Waals surface area contributed by atoms with Gasteiger partial charge in [0.05, 0.1) is 47.2 Å². The second-order valence-electron chi connectivity index (χ2n) is 17.7. The zero-order valence-electron chi connectivity index (χ0n) is 39.3. The number of pyridine rings is 2. The maximum absolute atomic E-state index is 14.9. The number of esters is 1. The normalized spacial score (nSPS) is 15.8. The molecule has 7 N–H and O–H groups in total. The third-order valence-corrected chi connectivity index (χ3v) is 13.1. The van der Waals surface area contributed by atoms with Crippen LogP contribution in [0.1, 0.15) is 106 Å². The topological polar surface area (TPSA) is 284 Å². The number of halogens is 1. The third kappa shape index (κ3) is 12.2. The molecule has 3 atom stereocenters. The Labute approximate surface area is 398 Å². The Kier molecular flexibility index (Phi) is 16.7. The van der Waals surface area contributed by atoms with Gasteiger partial charge in [-0.05, 0) is 81.0 Å². The van der Waals surface area contributed by atoms with E-state index in [-0.39, 0.29) is 73.1 Å². The van der Waals surface area contributed by atoms with Crippen molar-refractivity contribution in [1.82, 2.24) is 40.8 Å². The van der Waals surface area contributed by atoms with Crippen LogP contribution in [0.25, 0.3) is 22.3 Å². The number of rotatable bonds is 20. The van der Waals surface area contributed by atoms with E-state index in [1.54, 1.807) is 26.0 Å². The molecule has 21 heteroatoms. The fourth-order valence-corrected chi connectivity index (χ4v) is 8.72. The number of aliphatic hydroxyl groups is 1. The lowest BCUT2D eigenvalue weighted by molar-refractivity contribution is -0.172. The first kappa shape index (κ1) is 51.8. The van der Waals surface area contributed by atoms with Crippen LogP contribution in [-0.2, 0) is 63.7 Å². The first-order chi connectivity index (χ1) is 32.7. The molecule has 6 rings (SSSR count). The Balaban J connectivity index is 0.913. The molecular formula is C48H58FN9O10S. The van der Waals surface area contributed by atoms with E-state index < -0.39 is 56.7 Å². The summed E-state index contributed by atoms with van der Waals surface area (Å²) in [5, 5.41) is 22.6. The van der Waals surface area contributed by atoms with Crippen molar-refractivity contribution in [3.63, 3.8) is 0 Å². The second kappa shape index (κ2) is 22.2. The van der Waals surface area contributed by atoms with Crippen molar-refractivity contribution in [1.29, 1.82) is 0 Å². The number of aryl methyl sites for hydroxylation is 2. The highest BCUT2D eigenvalue weighted by molar-refractivity contribution is 7.90. The zero-order valence-corrected chi connectivity index (χ0v) is 40.1. The van der Waals surface area contributed by atoms with E-state index >= 15 is 0 Å². The number of carbonyl (C=O) groups excluding carboxylic acids is 5. The molecule has 4 aromatic rings. The number of fused-ring (bicyclic) bond motifs is 5. The number of nitrogens with one attached hydrogen (secondary N) is 4. The Bertz CT molecular complexity index is 2900. The molecule has 0 bridgehead atoms. The molecule has 19 nitrogen and oxygen atoms in total. The molecule has 5 heterocycles. The number of aromatic nitrogens is 4. The number of unbranched alkanes of at least 4 members (excludes halogenated alkanes) is 2. The van der Waals surface area contributed by atoms with Gasteiger partial charge in [0.1, 0.15) is 18.5 Å². The monoisotopic (exact) mass is 971 g/mol. The Morgan fingerprint density at radius 1 is 0.986 bits per heavy atom. The van der Waals surface area contributed by atoms with Crippen molar-refractivity contribution >= 4 is 50.3 Å². The van der Waals surface area contributed by atoms with Crippen molar-refractivity contribution in [3.8, 4) is 23.2 Å². The number of amides is 4. The molecule has 0 fully saturated rings. The first-order valence-corrected chi connectivity index (χ1v) is 24.8. The molecule has 0 radical (unpaired) electrons. The van der Waals surface area contributed by atoms with Crippen LogP contribution >= 0.6 is 0 Å². The minimum atomic E-state index is -3.51. The standard InChI is InChI=1S/C48H58FN9O10S/c1-6-48(65)34-20-38-42-32(25-58(38)45(63)33(34)26-68-46(48)64)30(31-19-28(4)35(49)21-37(31)56-42)14-12-18-51-40(60)24-53-43(61)36(50)15-10-11-17-52-44(62)41(27(2)3)57-39(59)16-9-7-8-13-29-22-54-47(55-23-29)69(5,66)67/h19-23,27,36,41,65H,6-7,9-12,14-18,24-26,50H2,1-5H3,(H,51,60)(H,52,62)(H,53,61)(H,57,59)/t36-,41-,48-/m0/s1. The van der Waals surface area contributed by atoms with E-state index in [4.69, 9.17) is 15.5 Å². The lowest BCUT2D eigenvalue weighted by atomic mass is 9.86. The summed E-state index contributed by atoms with van der Waals surface area (Å²) < 4.78 is 44.6. The minimum absolute atomic E-state index is 0.0107. The summed E-state index contributed by atoms with van der Waals surface area (Å²) in [5.41, 5.74) is 7.67. The summed E-state index contributed by atoms with van der Waals surface area (Å²) in [5.74, 6) is 2.67. The van der Waals surface area contributed by atoms with Crippen molar-refractivity contribution < 1.29 is 46.6 Å². The van der Waals surface area contributed by atoms with Crippen LogP contribution in [0.5, 0.6) is 0 Å². The van der Waals surface area contributed by atoms with Gasteiger partial charge in [-0.25, -0.2) is 32.6 Å². The average molecular weight is 972 g/mol. The molecule has 69 heavy (non-hydrogen) atoms. The predicted molar refractivity (Wildman–Crippen MR) is 251 cm³/mol. The summed E-state index contributed by atoms with van der Waals surface area (Å²) in [7, 11) is -3.51. The SMILES string of the molecule is CC[C@@]1(O)C(=O)OCc2c1cc1n(c2=O)Cc2c-1nc1cc(F)c(C)cc1c2CCCNC(=O)CNC(=O)[C@@H](N)CCCCNC(=O)[C@@H](NC(=O)CCCC#Cc1cnc(S(C)(=O)=O)nc1)C(C)C. The van der Waals surface area contributed by atoms with Crippen LogP contribution in [0, 0.1) is 30.5 Å². The Morgan fingerprint density at radius 2 is 1.71 bits per heavy atom. The predicted octanol–water partition coefficient (Wildman–Crippen LogP) is 1.86. The fraction of sp³-hybridized carbons (Fsp3) is 0.479. The largest absolute Gasteiger partial charge is 0.458 e. The van der Waals surface area contributed by atoms with Gasteiger partial charge in [-0.2, -0.15) is 0 Å². The van der Waals surface area contributed by atoms with Crippen molar-refractivity contribution in [2.45, 2.75) is 121 Å². The molecule has 0 saturated heterocycles. The summed E-state index contributed by atoms with van der Waals surface area (Å²) in [6, 6.07) is 3.00. The Hall–Kier alpha value is -6.63. The number of hydrogen-bond donors (Lipinski definition) is 6. The number of carbonyl (C=O) groups is 5. The number of benzene rings is 1. The van der Waals surface area contributed by atoms with Crippen LogP contribution in [0.4, 0.5) is 4.39 Å². The molecule has 2 aliphatic heterocycles. The molecule has 0 aliphatic carbocycles. The lowest BCUT2D eigenvalue weighted by Crippen LogP contribution is -2.49. The van der Waals surface area contributed by atoms with Gasteiger partial charge < -0.3 is 41.4 Å². The maximum atomic E-state index is 14.9. The Morgan fingerprint density at radius 3 is 2.41 bits per heavy atom. The number of cyclic esters (lactones) is 1. The van der Waals surface area contributed by atoms with Crippen molar-refractivity contribution in [3.05, 3.63) is 80.1 Å². The smallest absolute Gasteiger partial charge is 0.343 e. The van der Waals surface area contributed by atoms with Gasteiger partial charge in [-0.15, -0.1) is 0 Å². The van der Waals surface area contributed by atoms with E-state index in [1.807, 2.05) is 13.8 Å². The van der Waals surface area contributed by atoms with E-state index in [1.165, 1.54) is 23.0 Å². The number of ether oxygens (including phenoxy) is 1. The van der Waals surface area contributed by atoms with Crippen LogP contribution < -0.4 is 32.6 Å². The van der Waals surface area contributed by atoms with E-state index in [0.717, 1.165) is 17.4 Å². The summed E-state index contributed by atoms with van der Waals surface area (Å²) in [6.45, 7) is 7.01. The van der Waals surface area contributed by atoms with Gasteiger partial charge in [0, 0.05) is 67.2 Å². The third-order valence-electron chi connectivity index (χ3n) is 12.2. The number of sulfone groups is 1. The lowest BCUT2D eigenvalue weighted by Gasteiger charge is -2.31. The van der Waals surface area contributed by atoms with E-state index in [0.29, 0.717) is 84.9 Å².